The van der Waals surface area contributed by atoms with Crippen molar-refractivity contribution in [2.75, 3.05) is 7.11 Å². The van der Waals surface area contributed by atoms with Crippen LogP contribution in [0.4, 0.5) is 8.78 Å². The molecular formula is C16H13F2NO4. The monoisotopic (exact) mass is 321 g/mol. The van der Waals surface area contributed by atoms with Crippen LogP contribution in [0.1, 0.15) is 26.3 Å². The molecule has 0 saturated heterocycles. The summed E-state index contributed by atoms with van der Waals surface area (Å²) in [7, 11) is 1.33. The molecule has 0 aliphatic carbocycles. The average Bonchev–Trinajstić information content (AvgIpc) is 2.53. The minimum atomic E-state index is -1.22. The number of rotatable bonds is 5. The third-order valence-electron chi connectivity index (χ3n) is 3.14. The zero-order valence-corrected chi connectivity index (χ0v) is 12.1. The van der Waals surface area contributed by atoms with Crippen molar-refractivity contribution in [2.24, 2.45) is 0 Å². The molecule has 0 saturated carbocycles. The molecule has 2 rings (SSSR count). The Morgan fingerprint density at radius 1 is 1.13 bits per heavy atom. The number of ether oxygens (including phenoxy) is 1. The van der Waals surface area contributed by atoms with Crippen LogP contribution < -0.4 is 10.1 Å². The van der Waals surface area contributed by atoms with Crippen LogP contribution in [-0.4, -0.2) is 24.1 Å². The van der Waals surface area contributed by atoms with Crippen molar-refractivity contribution in [1.82, 2.24) is 5.32 Å². The molecule has 0 bridgehead atoms. The van der Waals surface area contributed by atoms with Gasteiger partial charge < -0.3 is 15.2 Å². The predicted molar refractivity (Wildman–Crippen MR) is 77.5 cm³/mol. The number of carbonyl (C=O) groups is 2. The van der Waals surface area contributed by atoms with E-state index in [1.165, 1.54) is 25.3 Å². The average molecular weight is 321 g/mol. The lowest BCUT2D eigenvalue weighted by atomic mass is 10.1. The van der Waals surface area contributed by atoms with Gasteiger partial charge in [0.05, 0.1) is 12.7 Å². The van der Waals surface area contributed by atoms with E-state index in [-0.39, 0.29) is 29.0 Å². The number of halogens is 2. The summed E-state index contributed by atoms with van der Waals surface area (Å²) in [5, 5.41) is 11.4. The second kappa shape index (κ2) is 6.87. The van der Waals surface area contributed by atoms with Gasteiger partial charge in [-0.1, -0.05) is 6.07 Å². The van der Waals surface area contributed by atoms with Crippen molar-refractivity contribution in [3.63, 3.8) is 0 Å². The largest absolute Gasteiger partial charge is 0.497 e. The summed E-state index contributed by atoms with van der Waals surface area (Å²) in [5.41, 5.74) is -0.396. The molecule has 120 valence electrons. The SMILES string of the molecule is COc1cc(C(=O)O)cc(C(=O)NCc2c(F)cccc2F)c1. The smallest absolute Gasteiger partial charge is 0.335 e. The van der Waals surface area contributed by atoms with Crippen LogP contribution in [-0.2, 0) is 6.54 Å². The van der Waals surface area contributed by atoms with Gasteiger partial charge in [-0.05, 0) is 30.3 Å². The van der Waals surface area contributed by atoms with E-state index in [1.807, 2.05) is 0 Å². The molecule has 0 atom stereocenters. The summed E-state index contributed by atoms with van der Waals surface area (Å²) >= 11 is 0. The molecule has 0 radical (unpaired) electrons. The lowest BCUT2D eigenvalue weighted by molar-refractivity contribution is 0.0696. The lowest BCUT2D eigenvalue weighted by Crippen LogP contribution is -2.24. The van der Waals surface area contributed by atoms with Gasteiger partial charge in [0.2, 0.25) is 0 Å². The van der Waals surface area contributed by atoms with E-state index < -0.39 is 23.5 Å². The first-order valence-corrected chi connectivity index (χ1v) is 6.56. The van der Waals surface area contributed by atoms with Gasteiger partial charge in [0, 0.05) is 17.7 Å². The standard InChI is InChI=1S/C16H13F2NO4/c1-23-11-6-9(5-10(7-11)16(21)22)15(20)19-8-12-13(17)3-2-4-14(12)18/h2-7H,8H2,1H3,(H,19,20)(H,21,22). The molecule has 0 fully saturated rings. The quantitative estimate of drug-likeness (QED) is 0.887. The lowest BCUT2D eigenvalue weighted by Gasteiger charge is -2.09. The van der Waals surface area contributed by atoms with E-state index in [0.29, 0.717) is 0 Å². The van der Waals surface area contributed by atoms with E-state index in [9.17, 15) is 18.4 Å². The van der Waals surface area contributed by atoms with Crippen LogP contribution in [0.3, 0.4) is 0 Å². The Morgan fingerprint density at radius 2 is 1.74 bits per heavy atom. The number of hydrogen-bond acceptors (Lipinski definition) is 3. The topological polar surface area (TPSA) is 75.6 Å². The van der Waals surface area contributed by atoms with E-state index in [2.05, 4.69) is 5.32 Å². The number of aromatic carboxylic acids is 1. The third-order valence-corrected chi connectivity index (χ3v) is 3.14. The molecule has 0 aliphatic rings. The van der Waals surface area contributed by atoms with E-state index in [0.717, 1.165) is 18.2 Å². The van der Waals surface area contributed by atoms with Crippen LogP contribution in [0, 0.1) is 11.6 Å². The molecule has 0 unspecified atom stereocenters. The van der Waals surface area contributed by atoms with Gasteiger partial charge in [-0.15, -0.1) is 0 Å². The van der Waals surface area contributed by atoms with Crippen molar-refractivity contribution in [1.29, 1.82) is 0 Å². The number of carboxylic acid groups (broad SMARTS) is 1. The van der Waals surface area contributed by atoms with E-state index in [1.54, 1.807) is 0 Å². The molecule has 1 amide bonds. The Morgan fingerprint density at radius 3 is 2.30 bits per heavy atom. The van der Waals surface area contributed by atoms with Crippen LogP contribution in [0.2, 0.25) is 0 Å². The molecule has 2 aromatic rings. The molecule has 2 aromatic carbocycles. The third kappa shape index (κ3) is 3.82. The molecule has 0 spiro atoms. The highest BCUT2D eigenvalue weighted by atomic mass is 19.1. The van der Waals surface area contributed by atoms with Gasteiger partial charge in [-0.3, -0.25) is 4.79 Å². The Kier molecular flexibility index (Phi) is 4.90. The highest BCUT2D eigenvalue weighted by Gasteiger charge is 2.14. The van der Waals surface area contributed by atoms with Crippen molar-refractivity contribution in [3.05, 3.63) is 64.7 Å². The highest BCUT2D eigenvalue weighted by Crippen LogP contribution is 2.18. The molecule has 5 nitrogen and oxygen atoms in total. The zero-order valence-electron chi connectivity index (χ0n) is 12.1. The van der Waals surface area contributed by atoms with Gasteiger partial charge in [0.15, 0.2) is 0 Å². The Hall–Kier alpha value is -2.96. The molecule has 7 heteroatoms. The second-order valence-corrected chi connectivity index (χ2v) is 4.64. The van der Waals surface area contributed by atoms with E-state index >= 15 is 0 Å². The summed E-state index contributed by atoms with van der Waals surface area (Å²) in [6, 6.07) is 7.13. The van der Waals surface area contributed by atoms with Crippen molar-refractivity contribution >= 4 is 11.9 Å². The normalized spacial score (nSPS) is 10.2. The second-order valence-electron chi connectivity index (χ2n) is 4.64. The summed E-state index contributed by atoms with van der Waals surface area (Å²) < 4.78 is 31.9. The van der Waals surface area contributed by atoms with Crippen LogP contribution in [0.5, 0.6) is 5.75 Å². The number of benzene rings is 2. The summed E-state index contributed by atoms with van der Waals surface area (Å²) in [5.74, 6) is -3.26. The number of hydrogen-bond donors (Lipinski definition) is 2. The fourth-order valence-electron chi connectivity index (χ4n) is 1.94. The highest BCUT2D eigenvalue weighted by molar-refractivity contribution is 5.98. The van der Waals surface area contributed by atoms with Crippen LogP contribution in [0.25, 0.3) is 0 Å². The first kappa shape index (κ1) is 16.4. The number of methoxy groups -OCH3 is 1. The van der Waals surface area contributed by atoms with E-state index in [4.69, 9.17) is 9.84 Å². The molecule has 2 N–H and O–H groups in total. The maximum atomic E-state index is 13.5. The van der Waals surface area contributed by atoms with Crippen LogP contribution >= 0.6 is 0 Å². The fourth-order valence-corrected chi connectivity index (χ4v) is 1.94. The van der Waals surface area contributed by atoms with Gasteiger partial charge in [0.25, 0.3) is 5.91 Å². The van der Waals surface area contributed by atoms with Crippen molar-refractivity contribution in [3.8, 4) is 5.75 Å². The maximum absolute atomic E-state index is 13.5. The Bertz CT molecular complexity index is 741. The molecule has 0 heterocycles. The Balaban J connectivity index is 2.21. The van der Waals surface area contributed by atoms with Crippen molar-refractivity contribution < 1.29 is 28.2 Å². The van der Waals surface area contributed by atoms with Gasteiger partial charge in [-0.2, -0.15) is 0 Å². The maximum Gasteiger partial charge on any atom is 0.335 e. The van der Waals surface area contributed by atoms with Gasteiger partial charge in [-0.25, -0.2) is 13.6 Å². The number of amides is 1. The number of nitrogens with one attached hydrogen (secondary N) is 1. The molecular weight excluding hydrogens is 308 g/mol. The minimum Gasteiger partial charge on any atom is -0.497 e. The first-order chi connectivity index (χ1) is 10.9. The zero-order chi connectivity index (χ0) is 17.0. The number of carboxylic acids is 1. The van der Waals surface area contributed by atoms with Gasteiger partial charge >= 0.3 is 5.97 Å². The predicted octanol–water partition coefficient (Wildman–Crippen LogP) is 2.60. The van der Waals surface area contributed by atoms with Gasteiger partial charge in [0.1, 0.15) is 17.4 Å². The molecule has 0 aliphatic heterocycles. The molecule has 0 aromatic heterocycles. The van der Waals surface area contributed by atoms with Crippen LogP contribution in [0.15, 0.2) is 36.4 Å². The summed E-state index contributed by atoms with van der Waals surface area (Å²) in [6.07, 6.45) is 0. The first-order valence-electron chi connectivity index (χ1n) is 6.56. The molecule has 23 heavy (non-hydrogen) atoms. The fraction of sp³-hybridized carbons (Fsp3) is 0.125. The summed E-state index contributed by atoms with van der Waals surface area (Å²) in [6.45, 7) is -0.364. The summed E-state index contributed by atoms with van der Waals surface area (Å²) in [4.78, 5) is 23.1. The minimum absolute atomic E-state index is 0.0125. The number of carbonyl (C=O) groups excluding carboxylic acids is 1. The van der Waals surface area contributed by atoms with Crippen molar-refractivity contribution in [2.45, 2.75) is 6.54 Å². The Labute approximate surface area is 130 Å².